The third-order valence-corrected chi connectivity index (χ3v) is 6.09. The number of nitrogens with zero attached hydrogens (tertiary/aromatic N) is 1. The molecule has 0 atom stereocenters. The molecule has 0 saturated heterocycles. The van der Waals surface area contributed by atoms with Crippen molar-refractivity contribution >= 4 is 43.2 Å². The number of hydrogen-bond acceptors (Lipinski definition) is 6. The van der Waals surface area contributed by atoms with Crippen LogP contribution in [-0.2, 0) is 9.84 Å². The molecule has 0 aromatic heterocycles. The average Bonchev–Trinajstić information content (AvgIpc) is 2.69. The van der Waals surface area contributed by atoms with Gasteiger partial charge >= 0.3 is 6.09 Å². The van der Waals surface area contributed by atoms with Crippen molar-refractivity contribution in [1.29, 1.82) is 0 Å². The standard InChI is InChI=1S/C19H13BrN2O6S/c20-13-4-8-17(9-5-13)29(26,27)18-10-6-14(7-11-18)21-19(23)28-16-3-1-2-15(12-16)22(24)25/h1-12H,(H,21,23). The summed E-state index contributed by atoms with van der Waals surface area (Å²) in [5.41, 5.74) is 0.0907. The summed E-state index contributed by atoms with van der Waals surface area (Å²) in [7, 11) is -3.69. The monoisotopic (exact) mass is 476 g/mol. The van der Waals surface area contributed by atoms with Crippen molar-refractivity contribution in [2.75, 3.05) is 5.32 Å². The molecule has 0 radical (unpaired) electrons. The highest BCUT2D eigenvalue weighted by atomic mass is 79.9. The molecule has 3 rings (SSSR count). The van der Waals surface area contributed by atoms with Crippen LogP contribution in [0.5, 0.6) is 5.75 Å². The number of sulfone groups is 1. The molecule has 148 valence electrons. The third-order valence-electron chi connectivity index (χ3n) is 3.77. The van der Waals surface area contributed by atoms with E-state index < -0.39 is 20.9 Å². The van der Waals surface area contributed by atoms with Crippen LogP contribution >= 0.6 is 15.9 Å². The van der Waals surface area contributed by atoms with Gasteiger partial charge < -0.3 is 4.74 Å². The average molecular weight is 477 g/mol. The van der Waals surface area contributed by atoms with Gasteiger partial charge in [-0.05, 0) is 54.6 Å². The van der Waals surface area contributed by atoms with Crippen LogP contribution in [0.2, 0.25) is 0 Å². The minimum Gasteiger partial charge on any atom is -0.410 e. The molecule has 0 aliphatic rings. The normalized spacial score (nSPS) is 10.9. The highest BCUT2D eigenvalue weighted by Crippen LogP contribution is 2.24. The summed E-state index contributed by atoms with van der Waals surface area (Å²) in [5, 5.41) is 13.2. The molecule has 0 fully saturated rings. The Morgan fingerprint density at radius 3 is 2.14 bits per heavy atom. The number of anilines is 1. The first kappa shape index (κ1) is 20.5. The second-order valence-corrected chi connectivity index (χ2v) is 8.62. The number of hydrogen-bond donors (Lipinski definition) is 1. The summed E-state index contributed by atoms with van der Waals surface area (Å²) in [4.78, 5) is 22.3. The first-order valence-corrected chi connectivity index (χ1v) is 10.4. The summed E-state index contributed by atoms with van der Waals surface area (Å²) in [6, 6.07) is 17.0. The molecule has 1 N–H and O–H groups in total. The maximum atomic E-state index is 12.6. The molecule has 8 nitrogen and oxygen atoms in total. The van der Waals surface area contributed by atoms with E-state index in [-0.39, 0.29) is 21.2 Å². The van der Waals surface area contributed by atoms with Gasteiger partial charge in [-0.3, -0.25) is 15.4 Å². The fraction of sp³-hybridized carbons (Fsp3) is 0. The number of nitro benzene ring substituents is 1. The minimum atomic E-state index is -3.69. The Bertz CT molecular complexity index is 1160. The Hall–Kier alpha value is -3.24. The van der Waals surface area contributed by atoms with E-state index in [1.165, 1.54) is 54.6 Å². The van der Waals surface area contributed by atoms with Gasteiger partial charge in [0.25, 0.3) is 5.69 Å². The van der Waals surface area contributed by atoms with Crippen molar-refractivity contribution in [2.45, 2.75) is 9.79 Å². The quantitative estimate of drug-likeness (QED) is 0.417. The number of nitrogens with one attached hydrogen (secondary N) is 1. The van der Waals surface area contributed by atoms with E-state index in [4.69, 9.17) is 4.74 Å². The van der Waals surface area contributed by atoms with Crippen LogP contribution in [0.4, 0.5) is 16.2 Å². The van der Waals surface area contributed by atoms with E-state index in [0.29, 0.717) is 5.69 Å². The van der Waals surface area contributed by atoms with E-state index in [9.17, 15) is 23.3 Å². The lowest BCUT2D eigenvalue weighted by atomic mass is 10.3. The van der Waals surface area contributed by atoms with E-state index in [1.807, 2.05) is 0 Å². The van der Waals surface area contributed by atoms with Gasteiger partial charge in [0.2, 0.25) is 9.84 Å². The zero-order valence-corrected chi connectivity index (χ0v) is 17.0. The molecule has 29 heavy (non-hydrogen) atoms. The summed E-state index contributed by atoms with van der Waals surface area (Å²) in [5.74, 6) is 0.00568. The van der Waals surface area contributed by atoms with Crippen LogP contribution in [0.25, 0.3) is 0 Å². The number of ether oxygens (including phenoxy) is 1. The fourth-order valence-corrected chi connectivity index (χ4v) is 3.90. The van der Waals surface area contributed by atoms with E-state index in [1.54, 1.807) is 12.1 Å². The Balaban J connectivity index is 1.70. The molecule has 0 aliphatic heterocycles. The van der Waals surface area contributed by atoms with Crippen LogP contribution in [0.3, 0.4) is 0 Å². The van der Waals surface area contributed by atoms with Crippen molar-refractivity contribution in [3.63, 3.8) is 0 Å². The predicted octanol–water partition coefficient (Wildman–Crippen LogP) is 4.80. The number of rotatable bonds is 5. The summed E-state index contributed by atoms with van der Waals surface area (Å²) < 4.78 is 31.0. The second-order valence-electron chi connectivity index (χ2n) is 5.75. The number of amides is 1. The molecule has 3 aromatic rings. The minimum absolute atomic E-state index is 0.00568. The van der Waals surface area contributed by atoms with E-state index >= 15 is 0 Å². The number of carbonyl (C=O) groups is 1. The Kier molecular flexibility index (Phi) is 5.95. The molecule has 0 spiro atoms. The highest BCUT2D eigenvalue weighted by Gasteiger charge is 2.17. The van der Waals surface area contributed by atoms with Gasteiger partial charge in [-0.15, -0.1) is 0 Å². The van der Waals surface area contributed by atoms with Gasteiger partial charge in [0.1, 0.15) is 5.75 Å². The van der Waals surface area contributed by atoms with Crippen LogP contribution in [-0.4, -0.2) is 19.4 Å². The summed E-state index contributed by atoms with van der Waals surface area (Å²) in [6.45, 7) is 0. The number of nitro groups is 1. The van der Waals surface area contributed by atoms with Crippen molar-refractivity contribution < 1.29 is 22.9 Å². The lowest BCUT2D eigenvalue weighted by Gasteiger charge is -2.08. The van der Waals surface area contributed by atoms with Gasteiger partial charge in [0, 0.05) is 16.2 Å². The van der Waals surface area contributed by atoms with Crippen LogP contribution in [0.15, 0.2) is 87.1 Å². The summed E-state index contributed by atoms with van der Waals surface area (Å²) >= 11 is 3.26. The van der Waals surface area contributed by atoms with Crippen molar-refractivity contribution in [3.8, 4) is 5.75 Å². The second kappa shape index (κ2) is 8.41. The van der Waals surface area contributed by atoms with E-state index in [0.717, 1.165) is 10.5 Å². The Morgan fingerprint density at radius 2 is 1.55 bits per heavy atom. The molecular weight excluding hydrogens is 464 g/mol. The molecule has 0 unspecified atom stereocenters. The number of non-ortho nitro benzene ring substituents is 1. The topological polar surface area (TPSA) is 116 Å². The van der Waals surface area contributed by atoms with Crippen molar-refractivity contribution in [3.05, 3.63) is 87.4 Å². The SMILES string of the molecule is O=C(Nc1ccc(S(=O)(=O)c2ccc(Br)cc2)cc1)Oc1cccc([N+](=O)[O-])c1. The fourth-order valence-electron chi connectivity index (χ4n) is 2.38. The smallest absolute Gasteiger partial charge is 0.410 e. The molecule has 1 amide bonds. The van der Waals surface area contributed by atoms with Crippen LogP contribution in [0.1, 0.15) is 0 Å². The highest BCUT2D eigenvalue weighted by molar-refractivity contribution is 9.10. The lowest BCUT2D eigenvalue weighted by molar-refractivity contribution is -0.384. The number of halogens is 1. The van der Waals surface area contributed by atoms with Crippen LogP contribution in [0, 0.1) is 10.1 Å². The molecule has 0 saturated carbocycles. The summed E-state index contributed by atoms with van der Waals surface area (Å²) in [6.07, 6.45) is -0.867. The Labute approximate surface area is 174 Å². The van der Waals surface area contributed by atoms with Crippen molar-refractivity contribution in [1.82, 2.24) is 0 Å². The van der Waals surface area contributed by atoms with Gasteiger partial charge in [-0.2, -0.15) is 0 Å². The maximum absolute atomic E-state index is 12.6. The first-order chi connectivity index (χ1) is 13.8. The Morgan fingerprint density at radius 1 is 0.966 bits per heavy atom. The maximum Gasteiger partial charge on any atom is 0.417 e. The zero-order valence-electron chi connectivity index (χ0n) is 14.6. The molecular formula is C19H13BrN2O6S. The van der Waals surface area contributed by atoms with Gasteiger partial charge in [0.15, 0.2) is 0 Å². The van der Waals surface area contributed by atoms with Crippen molar-refractivity contribution in [2.24, 2.45) is 0 Å². The molecule has 10 heteroatoms. The molecule has 0 aliphatic carbocycles. The largest absolute Gasteiger partial charge is 0.417 e. The van der Waals surface area contributed by atoms with Crippen LogP contribution < -0.4 is 10.1 Å². The molecule has 0 heterocycles. The third kappa shape index (κ3) is 4.98. The van der Waals surface area contributed by atoms with Gasteiger partial charge in [-0.25, -0.2) is 13.2 Å². The number of carbonyl (C=O) groups excluding carboxylic acids is 1. The molecule has 3 aromatic carbocycles. The lowest BCUT2D eigenvalue weighted by Crippen LogP contribution is -2.16. The first-order valence-electron chi connectivity index (χ1n) is 8.10. The van der Waals surface area contributed by atoms with Gasteiger partial charge in [-0.1, -0.05) is 22.0 Å². The zero-order chi connectivity index (χ0) is 21.0. The molecule has 0 bridgehead atoms. The van der Waals surface area contributed by atoms with E-state index in [2.05, 4.69) is 21.2 Å². The number of benzene rings is 3. The predicted molar refractivity (Wildman–Crippen MR) is 109 cm³/mol. The van der Waals surface area contributed by atoms with Gasteiger partial charge in [0.05, 0.1) is 20.8 Å².